The van der Waals surface area contributed by atoms with Gasteiger partial charge >= 0.3 is 0 Å². The lowest BCUT2D eigenvalue weighted by Gasteiger charge is -2.48. The van der Waals surface area contributed by atoms with Gasteiger partial charge in [-0.15, -0.1) is 0 Å². The summed E-state index contributed by atoms with van der Waals surface area (Å²) in [6.07, 6.45) is 20.5. The molecule has 11 aliphatic rings. The van der Waals surface area contributed by atoms with E-state index in [1.165, 1.54) is 134 Å². The summed E-state index contributed by atoms with van der Waals surface area (Å²) in [4.78, 5) is 10.0. The second kappa shape index (κ2) is 64.9. The summed E-state index contributed by atoms with van der Waals surface area (Å²) in [5.74, 6) is 3.43. The molecule has 0 radical (unpaired) electrons. The third-order valence-electron chi connectivity index (χ3n) is 23.0. The van der Waals surface area contributed by atoms with Crippen molar-refractivity contribution in [2.24, 2.45) is 40.4 Å². The van der Waals surface area contributed by atoms with Crippen LogP contribution in [0.3, 0.4) is 0 Å². The Bertz CT molecular complexity index is 1670. The normalized spacial score (nSPS) is 26.1. The monoisotopic (exact) mass is 1500 g/mol. The standard InChI is InChI=1S/C10H19NO.C9H19NO.C8H17N.3C8H16O.C7H15NO.C7H16N.C7H14O2.C7H14O.11CH4/c1-9(2)11-5-3-10(4-6-11)7-12-8-10;1-7(2)10-5-8(3)11-9(4)6-10;1-8(2)9-6-4-3-5-7-9;1-7(2)8(3)4-5-9-6-8;1-7(2)8(3)5-4-6-9-8;1-7(2)8-5-3-4-6-9-8;1-7(2)8-3-5-9-6-4-8;1-7(2)8(3)5-4-6-8;1-6(2)7(8-3)4-9-5-7;1-6(2)7-4-3-5-8-7;;;;;;;;;;;/h9H,3-8H2,1-2H3;7-9H,5-6H2,1-4H3;8H,3-7H2,1-2H3;2*7H,4-6H2,1-3H3;7-8H,3-6H2,1-2H3;7H,3-6H2,1-2H3;7H,4-6H2,1-3H3;6H,4-5H2,1-3H3;6-7H,3-5H2,1-2H3;11*1H4/q;;;;;;;+1;;;;;;;;;;;;;. The SMILES string of the molecule is C.C.C.C.C.C.C.C.C.C.C.CC(C)C1(C)CCCO1.CC(C)C1(C)CCOC1.CC(C)C1CCCCO1.CC(C)C1CCCO1.CC(C)N1CCC2(CC1)COC2.CC(C)N1CCCCC1.CC(C)N1CCOCC1.CC(C)[N+]1(C)CCC1.CC1CN(C(C)C)CC(C)O1.COC1(C(C)C)COC1. The van der Waals surface area contributed by atoms with E-state index < -0.39 is 0 Å². The Morgan fingerprint density at radius 3 is 1.03 bits per heavy atom. The van der Waals surface area contributed by atoms with E-state index in [0.717, 1.165) is 129 Å². The molecule has 104 heavy (non-hydrogen) atoms. The van der Waals surface area contributed by atoms with Crippen LogP contribution in [0.25, 0.3) is 0 Å². The molecule has 0 aromatic heterocycles. The number of hydrogen-bond donors (Lipinski definition) is 0. The second-order valence-corrected chi connectivity index (χ2v) is 33.6. The number of likely N-dealkylation sites (tertiary alicyclic amines) is 3. The van der Waals surface area contributed by atoms with Gasteiger partial charge in [0.1, 0.15) is 5.60 Å². The van der Waals surface area contributed by atoms with Crippen molar-refractivity contribution >= 4 is 0 Å². The molecule has 0 bridgehead atoms. The number of rotatable bonds is 11. The number of piperidine rings is 2. The van der Waals surface area contributed by atoms with E-state index in [9.17, 15) is 0 Å². The largest absolute Gasteiger partial charge is 0.381 e. The molecular weight excluding hydrogens is 1300 g/mol. The van der Waals surface area contributed by atoms with Crippen molar-refractivity contribution in [2.45, 2.75) is 404 Å². The maximum absolute atomic E-state index is 5.62. The van der Waals surface area contributed by atoms with E-state index in [4.69, 9.17) is 42.6 Å². The van der Waals surface area contributed by atoms with Crippen molar-refractivity contribution in [1.82, 2.24) is 19.6 Å². The third-order valence-corrected chi connectivity index (χ3v) is 23.0. The molecule has 11 aliphatic heterocycles. The highest BCUT2D eigenvalue weighted by atomic mass is 16.6. The van der Waals surface area contributed by atoms with Crippen LogP contribution < -0.4 is 0 Å². The van der Waals surface area contributed by atoms with Gasteiger partial charge in [-0.25, -0.2) is 0 Å². The van der Waals surface area contributed by atoms with Crippen LogP contribution in [0.5, 0.6) is 0 Å². The average molecular weight is 1500 g/mol. The summed E-state index contributed by atoms with van der Waals surface area (Å²) in [6.45, 7) is 76.4. The first-order chi connectivity index (χ1) is 43.7. The van der Waals surface area contributed by atoms with Gasteiger partial charge in [-0.05, 0) is 228 Å². The van der Waals surface area contributed by atoms with Gasteiger partial charge in [-0.2, -0.15) is 0 Å². The number of quaternary nitrogens is 1. The zero-order valence-electron chi connectivity index (χ0n) is 66.7. The van der Waals surface area contributed by atoms with Gasteiger partial charge in [-0.1, -0.05) is 164 Å². The molecule has 0 N–H and O–H groups in total. The summed E-state index contributed by atoms with van der Waals surface area (Å²) >= 11 is 0. The molecule has 644 valence electrons. The first kappa shape index (κ1) is 124. The highest BCUT2D eigenvalue weighted by Gasteiger charge is 2.43. The molecule has 1 spiro atoms. The number of hydrogen-bond acceptors (Lipinski definition) is 13. The van der Waals surface area contributed by atoms with E-state index >= 15 is 0 Å². The van der Waals surface area contributed by atoms with Gasteiger partial charge in [0.15, 0.2) is 0 Å². The second-order valence-electron chi connectivity index (χ2n) is 33.6. The van der Waals surface area contributed by atoms with Crippen LogP contribution in [0.4, 0.5) is 0 Å². The molecule has 0 aromatic rings. The van der Waals surface area contributed by atoms with Crippen molar-refractivity contribution in [3.8, 4) is 0 Å². The van der Waals surface area contributed by atoms with Gasteiger partial charge in [0.2, 0.25) is 0 Å². The van der Waals surface area contributed by atoms with E-state index in [1.807, 2.05) is 0 Å². The molecule has 0 aliphatic carbocycles. The Labute approximate surface area is 659 Å². The van der Waals surface area contributed by atoms with Crippen LogP contribution in [0, 0.1) is 40.4 Å². The van der Waals surface area contributed by atoms with Crippen LogP contribution in [0.1, 0.15) is 338 Å². The zero-order valence-corrected chi connectivity index (χ0v) is 66.7. The average Bonchev–Trinajstić information content (AvgIpc) is 1.21. The van der Waals surface area contributed by atoms with Crippen molar-refractivity contribution in [3.63, 3.8) is 0 Å². The smallest absolute Gasteiger partial charge is 0.116 e. The minimum atomic E-state index is 0. The van der Waals surface area contributed by atoms with Gasteiger partial charge in [0.25, 0.3) is 0 Å². The zero-order chi connectivity index (χ0) is 70.0. The molecule has 0 aromatic carbocycles. The summed E-state index contributed by atoms with van der Waals surface area (Å²) in [7, 11) is 4.09. The Morgan fingerprint density at radius 2 is 0.817 bits per heavy atom. The number of ether oxygens (including phenoxy) is 9. The van der Waals surface area contributed by atoms with E-state index in [0.29, 0.717) is 65.1 Å². The molecule has 11 rings (SSSR count). The van der Waals surface area contributed by atoms with Gasteiger partial charge < -0.3 is 56.9 Å². The predicted octanol–water partition coefficient (Wildman–Crippen LogP) is 23.2. The van der Waals surface area contributed by atoms with E-state index in [-0.39, 0.29) is 92.9 Å². The highest BCUT2D eigenvalue weighted by Crippen LogP contribution is 2.39. The molecule has 14 nitrogen and oxygen atoms in total. The first-order valence-corrected chi connectivity index (χ1v) is 38.9. The molecule has 6 unspecified atom stereocenters. The summed E-state index contributed by atoms with van der Waals surface area (Å²) in [5, 5.41) is 0. The van der Waals surface area contributed by atoms with Gasteiger partial charge in [0, 0.05) is 95.7 Å². The lowest BCUT2D eigenvalue weighted by Crippen LogP contribution is -2.58. The maximum Gasteiger partial charge on any atom is 0.116 e. The minimum absolute atomic E-state index is 0. The number of nitrogens with zero attached hydrogens (tertiary/aromatic N) is 5. The van der Waals surface area contributed by atoms with Crippen LogP contribution in [0.2, 0.25) is 0 Å². The van der Waals surface area contributed by atoms with Gasteiger partial charge in [-0.3, -0.25) is 9.80 Å². The van der Waals surface area contributed by atoms with Crippen LogP contribution in [-0.2, 0) is 42.6 Å². The fourth-order valence-electron chi connectivity index (χ4n) is 13.3. The third kappa shape index (κ3) is 47.1. The van der Waals surface area contributed by atoms with Gasteiger partial charge in [0.05, 0.1) is 102 Å². The molecule has 14 heteroatoms. The Kier molecular flexibility index (Phi) is 77.6. The maximum atomic E-state index is 5.62. The highest BCUT2D eigenvalue weighted by molar-refractivity contribution is 4.92. The molecule has 11 saturated heterocycles. The van der Waals surface area contributed by atoms with Crippen molar-refractivity contribution in [1.29, 1.82) is 0 Å². The van der Waals surface area contributed by atoms with Crippen molar-refractivity contribution in [2.75, 3.05) is 152 Å². The molecule has 11 heterocycles. The van der Waals surface area contributed by atoms with Crippen LogP contribution in [-0.4, -0.2) is 242 Å². The lowest BCUT2D eigenvalue weighted by molar-refractivity contribution is -0.965. The lowest BCUT2D eigenvalue weighted by atomic mass is 9.76. The van der Waals surface area contributed by atoms with E-state index in [2.05, 4.69) is 193 Å². The predicted molar refractivity (Wildman–Crippen MR) is 468 cm³/mol. The number of morpholine rings is 2. The van der Waals surface area contributed by atoms with Crippen molar-refractivity contribution < 1.29 is 47.1 Å². The number of methoxy groups -OCH3 is 1. The molecule has 11 fully saturated rings. The topological polar surface area (TPSA) is 96.0 Å². The van der Waals surface area contributed by atoms with Crippen LogP contribution in [0.15, 0.2) is 0 Å². The summed E-state index contributed by atoms with van der Waals surface area (Å²) < 4.78 is 49.7. The van der Waals surface area contributed by atoms with E-state index in [1.54, 1.807) is 7.11 Å². The Hall–Kier alpha value is -0.560. The quantitative estimate of drug-likeness (QED) is 0.184. The Morgan fingerprint density at radius 1 is 0.385 bits per heavy atom. The first-order valence-electron chi connectivity index (χ1n) is 38.9. The molecule has 6 atom stereocenters. The summed E-state index contributed by atoms with van der Waals surface area (Å²) in [6, 6.07) is 3.68. The molecule has 0 saturated carbocycles. The fourth-order valence-corrected chi connectivity index (χ4v) is 13.3. The molecular formula is C90H206N5O9+. The minimum Gasteiger partial charge on any atom is -0.381 e. The summed E-state index contributed by atoms with van der Waals surface area (Å²) in [5.41, 5.74) is 1.31. The molecule has 0 amide bonds. The fraction of sp³-hybridized carbons (Fsp3) is 1.00. The van der Waals surface area contributed by atoms with Crippen molar-refractivity contribution in [3.05, 3.63) is 0 Å². The van der Waals surface area contributed by atoms with Crippen LogP contribution >= 0.6 is 0 Å². The Balaban J connectivity index is -0.000000117.